The standard InChI is InChI=1S/C22H25N3O5S2/c1-29-17-8-6-16(7-9-17)21(26)25(11-10-24-12-14-30-15-13-24)22-23-20-18(31-22)4-3-5-19(20)32(2,27)28/h3-9H,10-15H2,1-2H3. The lowest BCUT2D eigenvalue weighted by Gasteiger charge is -2.29. The molecule has 0 atom stereocenters. The van der Waals surface area contributed by atoms with Crippen molar-refractivity contribution in [3.8, 4) is 5.75 Å². The number of fused-ring (bicyclic) bond motifs is 1. The van der Waals surface area contributed by atoms with Gasteiger partial charge < -0.3 is 9.47 Å². The van der Waals surface area contributed by atoms with Crippen molar-refractivity contribution >= 4 is 42.4 Å². The summed E-state index contributed by atoms with van der Waals surface area (Å²) in [5.74, 6) is 0.472. The number of ether oxygens (including phenoxy) is 2. The molecule has 0 unspecified atom stereocenters. The number of aromatic nitrogens is 1. The van der Waals surface area contributed by atoms with Crippen molar-refractivity contribution in [3.63, 3.8) is 0 Å². The molecule has 8 nitrogen and oxygen atoms in total. The number of carbonyl (C=O) groups is 1. The summed E-state index contributed by atoms with van der Waals surface area (Å²) < 4.78 is 35.8. The fraction of sp³-hybridized carbons (Fsp3) is 0.364. The van der Waals surface area contributed by atoms with E-state index in [4.69, 9.17) is 9.47 Å². The third-order valence-electron chi connectivity index (χ3n) is 5.33. The summed E-state index contributed by atoms with van der Waals surface area (Å²) in [5, 5.41) is 0.477. The normalized spacial score (nSPS) is 15.1. The minimum Gasteiger partial charge on any atom is -0.497 e. The molecule has 1 aromatic heterocycles. The van der Waals surface area contributed by atoms with Gasteiger partial charge in [0, 0.05) is 38.0 Å². The van der Waals surface area contributed by atoms with Gasteiger partial charge >= 0.3 is 0 Å². The summed E-state index contributed by atoms with van der Waals surface area (Å²) >= 11 is 1.31. The van der Waals surface area contributed by atoms with Gasteiger partial charge in [-0.05, 0) is 36.4 Å². The maximum absolute atomic E-state index is 13.5. The van der Waals surface area contributed by atoms with Gasteiger partial charge in [-0.3, -0.25) is 14.6 Å². The Balaban J connectivity index is 1.69. The third kappa shape index (κ3) is 4.93. The van der Waals surface area contributed by atoms with Crippen LogP contribution in [0.1, 0.15) is 10.4 Å². The Morgan fingerprint density at radius 1 is 1.19 bits per heavy atom. The predicted molar refractivity (Wildman–Crippen MR) is 125 cm³/mol. The number of thiazole rings is 1. The molecular formula is C22H25N3O5S2. The molecule has 2 aromatic carbocycles. The Morgan fingerprint density at radius 2 is 1.91 bits per heavy atom. The second-order valence-electron chi connectivity index (χ2n) is 7.51. The topological polar surface area (TPSA) is 89.0 Å². The molecule has 0 aliphatic carbocycles. The molecule has 0 bridgehead atoms. The number of hydrogen-bond donors (Lipinski definition) is 0. The van der Waals surface area contributed by atoms with Crippen LogP contribution < -0.4 is 9.64 Å². The van der Waals surface area contributed by atoms with Crippen LogP contribution in [-0.4, -0.2) is 77.0 Å². The first-order valence-corrected chi connectivity index (χ1v) is 12.9. The zero-order valence-electron chi connectivity index (χ0n) is 18.0. The van der Waals surface area contributed by atoms with Gasteiger partial charge in [0.1, 0.15) is 11.3 Å². The molecule has 4 rings (SSSR count). The molecule has 1 saturated heterocycles. The van der Waals surface area contributed by atoms with E-state index in [9.17, 15) is 13.2 Å². The Morgan fingerprint density at radius 3 is 2.56 bits per heavy atom. The second-order valence-corrected chi connectivity index (χ2v) is 10.5. The minimum atomic E-state index is -3.45. The SMILES string of the molecule is COc1ccc(C(=O)N(CCN2CCOCC2)c2nc3c(S(C)(=O)=O)cccc3s2)cc1. The zero-order chi connectivity index (χ0) is 22.7. The predicted octanol–water partition coefficient (Wildman–Crippen LogP) is 2.69. The molecule has 0 N–H and O–H groups in total. The van der Waals surface area contributed by atoms with Crippen LogP contribution in [0, 0.1) is 0 Å². The van der Waals surface area contributed by atoms with E-state index in [1.54, 1.807) is 48.4 Å². The Bertz CT molecular complexity index is 1200. The number of anilines is 1. The number of rotatable bonds is 7. The molecule has 1 aliphatic rings. The number of sulfone groups is 1. The smallest absolute Gasteiger partial charge is 0.260 e. The van der Waals surface area contributed by atoms with Crippen molar-refractivity contribution in [3.05, 3.63) is 48.0 Å². The van der Waals surface area contributed by atoms with Crippen LogP contribution in [0.2, 0.25) is 0 Å². The Kier molecular flexibility index (Phi) is 6.75. The highest BCUT2D eigenvalue weighted by Crippen LogP contribution is 2.33. The van der Waals surface area contributed by atoms with Crippen molar-refractivity contribution in [2.24, 2.45) is 0 Å². The van der Waals surface area contributed by atoms with Crippen molar-refractivity contribution in [2.45, 2.75) is 4.90 Å². The highest BCUT2D eigenvalue weighted by molar-refractivity contribution is 7.91. The summed E-state index contributed by atoms with van der Waals surface area (Å²) in [4.78, 5) is 22.1. The molecule has 0 radical (unpaired) electrons. The lowest BCUT2D eigenvalue weighted by Crippen LogP contribution is -2.43. The maximum Gasteiger partial charge on any atom is 0.260 e. The molecule has 32 heavy (non-hydrogen) atoms. The van der Waals surface area contributed by atoms with E-state index >= 15 is 0 Å². The molecule has 0 spiro atoms. The molecule has 2 heterocycles. The molecule has 1 aliphatic heterocycles. The molecular weight excluding hydrogens is 450 g/mol. The highest BCUT2D eigenvalue weighted by Gasteiger charge is 2.24. The number of hydrogen-bond acceptors (Lipinski definition) is 8. The van der Waals surface area contributed by atoms with Crippen LogP contribution in [0.3, 0.4) is 0 Å². The number of carbonyl (C=O) groups excluding carboxylic acids is 1. The second kappa shape index (κ2) is 9.53. The fourth-order valence-electron chi connectivity index (χ4n) is 3.57. The minimum absolute atomic E-state index is 0.169. The van der Waals surface area contributed by atoms with Crippen LogP contribution in [0.25, 0.3) is 10.2 Å². The average Bonchev–Trinajstić information content (AvgIpc) is 3.23. The van der Waals surface area contributed by atoms with Gasteiger partial charge in [-0.2, -0.15) is 0 Å². The Labute approximate surface area is 191 Å². The highest BCUT2D eigenvalue weighted by atomic mass is 32.2. The molecule has 1 amide bonds. The fourth-order valence-corrected chi connectivity index (χ4v) is 5.48. The largest absolute Gasteiger partial charge is 0.497 e. The lowest BCUT2D eigenvalue weighted by molar-refractivity contribution is 0.0391. The van der Waals surface area contributed by atoms with Crippen LogP contribution in [0.5, 0.6) is 5.75 Å². The van der Waals surface area contributed by atoms with Crippen LogP contribution in [0.4, 0.5) is 5.13 Å². The average molecular weight is 476 g/mol. The van der Waals surface area contributed by atoms with Gasteiger partial charge in [0.2, 0.25) is 0 Å². The quantitative estimate of drug-likeness (QED) is 0.519. The van der Waals surface area contributed by atoms with Gasteiger partial charge in [-0.1, -0.05) is 17.4 Å². The van der Waals surface area contributed by atoms with E-state index in [0.717, 1.165) is 17.8 Å². The maximum atomic E-state index is 13.5. The van der Waals surface area contributed by atoms with Crippen LogP contribution >= 0.6 is 11.3 Å². The van der Waals surface area contributed by atoms with E-state index in [2.05, 4.69) is 9.88 Å². The number of methoxy groups -OCH3 is 1. The first-order chi connectivity index (χ1) is 15.4. The van der Waals surface area contributed by atoms with Gasteiger partial charge in [0.05, 0.1) is 29.9 Å². The van der Waals surface area contributed by atoms with Crippen molar-refractivity contribution in [1.82, 2.24) is 9.88 Å². The Hall–Kier alpha value is -2.53. The molecule has 10 heteroatoms. The van der Waals surface area contributed by atoms with Crippen LogP contribution in [0.15, 0.2) is 47.4 Å². The summed E-state index contributed by atoms with van der Waals surface area (Å²) in [6.45, 7) is 4.06. The molecule has 170 valence electrons. The van der Waals surface area contributed by atoms with Crippen LogP contribution in [-0.2, 0) is 14.6 Å². The monoisotopic (exact) mass is 475 g/mol. The van der Waals surface area contributed by atoms with E-state index in [0.29, 0.717) is 48.3 Å². The first kappa shape index (κ1) is 22.7. The summed E-state index contributed by atoms with van der Waals surface area (Å²) in [6, 6.07) is 12.0. The first-order valence-electron chi connectivity index (χ1n) is 10.2. The van der Waals surface area contributed by atoms with E-state index in [1.807, 2.05) is 6.07 Å². The summed E-state index contributed by atoms with van der Waals surface area (Å²) in [7, 11) is -1.87. The number of morpholine rings is 1. The zero-order valence-corrected chi connectivity index (χ0v) is 19.6. The number of benzene rings is 2. The van der Waals surface area contributed by atoms with Crippen molar-refractivity contribution < 1.29 is 22.7 Å². The van der Waals surface area contributed by atoms with Crippen molar-refractivity contribution in [2.75, 3.05) is 57.7 Å². The van der Waals surface area contributed by atoms with E-state index in [1.165, 1.54) is 17.6 Å². The number of amides is 1. The van der Waals surface area contributed by atoms with Gasteiger partial charge in [-0.25, -0.2) is 13.4 Å². The third-order valence-corrected chi connectivity index (χ3v) is 7.50. The van der Waals surface area contributed by atoms with Gasteiger partial charge in [-0.15, -0.1) is 0 Å². The van der Waals surface area contributed by atoms with Gasteiger partial charge in [0.25, 0.3) is 5.91 Å². The van der Waals surface area contributed by atoms with Gasteiger partial charge in [0.15, 0.2) is 15.0 Å². The van der Waals surface area contributed by atoms with Crippen molar-refractivity contribution in [1.29, 1.82) is 0 Å². The summed E-state index contributed by atoms with van der Waals surface area (Å²) in [5.41, 5.74) is 0.907. The van der Waals surface area contributed by atoms with E-state index < -0.39 is 9.84 Å². The number of para-hydroxylation sites is 1. The number of nitrogens with zero attached hydrogens (tertiary/aromatic N) is 3. The van der Waals surface area contributed by atoms with E-state index in [-0.39, 0.29) is 10.8 Å². The lowest BCUT2D eigenvalue weighted by atomic mass is 10.2. The molecule has 3 aromatic rings. The summed E-state index contributed by atoms with van der Waals surface area (Å²) in [6.07, 6.45) is 1.17. The molecule has 1 fully saturated rings. The molecule has 0 saturated carbocycles.